The van der Waals surface area contributed by atoms with Crippen molar-refractivity contribution in [1.82, 2.24) is 0 Å². The number of benzene rings is 1. The van der Waals surface area contributed by atoms with E-state index in [4.69, 9.17) is 15.7 Å². The van der Waals surface area contributed by atoms with Crippen LogP contribution in [0.25, 0.3) is 0 Å². The molecule has 0 aliphatic rings. The van der Waals surface area contributed by atoms with E-state index in [1.54, 1.807) is 12.1 Å². The van der Waals surface area contributed by atoms with Crippen LogP contribution in [0.2, 0.25) is 5.02 Å². The van der Waals surface area contributed by atoms with Gasteiger partial charge in [-0.2, -0.15) is 0 Å². The summed E-state index contributed by atoms with van der Waals surface area (Å²) in [5, 5.41) is 0.307. The second kappa shape index (κ2) is 2.88. The Balaban J connectivity index is 3.19. The van der Waals surface area contributed by atoms with Crippen LogP contribution in [0.5, 0.6) is 0 Å². The number of hydrogen-bond acceptors (Lipinski definition) is 0. The third-order valence-corrected chi connectivity index (χ3v) is 1.91. The molecule has 0 amide bonds. The van der Waals surface area contributed by atoms with E-state index in [-0.39, 0.29) is 5.56 Å². The molecular weight excluding hydrogens is 246 g/mol. The SMILES string of the molecule is [2H]C([2H])([2H])c1ccc(I)cc1Cl. The third-order valence-electron chi connectivity index (χ3n) is 0.931. The average Bonchev–Trinajstić information content (AvgIpc) is 1.83. The first-order valence-electron chi connectivity index (χ1n) is 3.87. The normalized spacial score (nSPS) is 16.0. The molecule has 0 saturated carbocycles. The van der Waals surface area contributed by atoms with Crippen molar-refractivity contribution in [3.8, 4) is 0 Å². The van der Waals surface area contributed by atoms with Crippen molar-refractivity contribution in [2.45, 2.75) is 6.85 Å². The highest BCUT2D eigenvalue weighted by Crippen LogP contribution is 2.17. The molecule has 0 bridgehead atoms. The Kier molecular flexibility index (Phi) is 1.34. The van der Waals surface area contributed by atoms with Gasteiger partial charge in [0.15, 0.2) is 0 Å². The zero-order valence-corrected chi connectivity index (χ0v) is 7.40. The molecule has 0 N–H and O–H groups in total. The van der Waals surface area contributed by atoms with Gasteiger partial charge in [0, 0.05) is 12.7 Å². The van der Waals surface area contributed by atoms with Gasteiger partial charge >= 0.3 is 0 Å². The van der Waals surface area contributed by atoms with Crippen molar-refractivity contribution in [3.63, 3.8) is 0 Å². The maximum absolute atomic E-state index is 7.13. The van der Waals surface area contributed by atoms with Crippen molar-refractivity contribution < 1.29 is 4.11 Å². The molecule has 0 saturated heterocycles. The van der Waals surface area contributed by atoms with Crippen LogP contribution in [0.15, 0.2) is 18.2 Å². The molecule has 1 aromatic rings. The smallest absolute Gasteiger partial charge is 0.0445 e. The van der Waals surface area contributed by atoms with Crippen LogP contribution >= 0.6 is 34.2 Å². The van der Waals surface area contributed by atoms with E-state index in [1.807, 2.05) is 0 Å². The fourth-order valence-electron chi connectivity index (χ4n) is 0.489. The molecule has 2 heteroatoms. The summed E-state index contributed by atoms with van der Waals surface area (Å²) in [4.78, 5) is 0. The van der Waals surface area contributed by atoms with Gasteiger partial charge in [0.1, 0.15) is 0 Å². The van der Waals surface area contributed by atoms with Crippen molar-refractivity contribution in [3.05, 3.63) is 32.4 Å². The Morgan fingerprint density at radius 2 is 2.44 bits per heavy atom. The van der Waals surface area contributed by atoms with Crippen LogP contribution in [0.1, 0.15) is 9.68 Å². The van der Waals surface area contributed by atoms with Crippen molar-refractivity contribution >= 4 is 34.2 Å². The van der Waals surface area contributed by atoms with Gasteiger partial charge in [-0.3, -0.25) is 0 Å². The maximum Gasteiger partial charge on any atom is 0.0445 e. The van der Waals surface area contributed by atoms with Crippen LogP contribution in [0.4, 0.5) is 0 Å². The summed E-state index contributed by atoms with van der Waals surface area (Å²) in [7, 11) is 0. The molecular formula is C7H6ClI. The van der Waals surface area contributed by atoms with Crippen molar-refractivity contribution in [1.29, 1.82) is 0 Å². The molecule has 0 aliphatic carbocycles. The highest BCUT2D eigenvalue weighted by molar-refractivity contribution is 14.1. The minimum absolute atomic E-state index is 0.213. The van der Waals surface area contributed by atoms with Gasteiger partial charge in [0.05, 0.1) is 0 Å². The Labute approximate surface area is 77.6 Å². The predicted octanol–water partition coefficient (Wildman–Crippen LogP) is 3.25. The molecule has 0 fully saturated rings. The second-order valence-electron chi connectivity index (χ2n) is 1.62. The Morgan fingerprint density at radius 1 is 1.67 bits per heavy atom. The van der Waals surface area contributed by atoms with Gasteiger partial charge in [-0.25, -0.2) is 0 Å². The fourth-order valence-corrected chi connectivity index (χ4v) is 1.35. The molecule has 0 spiro atoms. The largest absolute Gasteiger partial charge is 0.0840 e. The van der Waals surface area contributed by atoms with Crippen LogP contribution in [-0.4, -0.2) is 0 Å². The Hall–Kier alpha value is 0.240. The van der Waals surface area contributed by atoms with E-state index >= 15 is 0 Å². The topological polar surface area (TPSA) is 0 Å². The molecule has 0 heterocycles. The number of aryl methyl sites for hydroxylation is 1. The highest BCUT2D eigenvalue weighted by atomic mass is 127. The van der Waals surface area contributed by atoms with Gasteiger partial charge in [-0.1, -0.05) is 17.7 Å². The predicted molar refractivity (Wildman–Crippen MR) is 48.9 cm³/mol. The lowest BCUT2D eigenvalue weighted by Gasteiger charge is -1.95. The number of halogens is 2. The number of hydrogen-bond donors (Lipinski definition) is 0. The summed E-state index contributed by atoms with van der Waals surface area (Å²) in [6.45, 7) is -2.11. The van der Waals surface area contributed by atoms with E-state index < -0.39 is 6.85 Å². The Bertz CT molecular complexity index is 295. The van der Waals surface area contributed by atoms with Gasteiger partial charge < -0.3 is 0 Å². The van der Waals surface area contributed by atoms with Crippen LogP contribution in [0.3, 0.4) is 0 Å². The standard InChI is InChI=1S/C7H6ClI/c1-5-2-3-6(9)4-7(5)8/h2-4H,1H3/i1D3. The summed E-state index contributed by atoms with van der Waals surface area (Å²) in [5.41, 5.74) is 0.213. The summed E-state index contributed by atoms with van der Waals surface area (Å²) >= 11 is 7.83. The second-order valence-corrected chi connectivity index (χ2v) is 3.28. The molecule has 0 atom stereocenters. The molecule has 48 valence electrons. The first-order chi connectivity index (χ1) is 5.41. The number of rotatable bonds is 0. The summed E-state index contributed by atoms with van der Waals surface area (Å²) in [6.07, 6.45) is 0. The lowest BCUT2D eigenvalue weighted by atomic mass is 10.2. The van der Waals surface area contributed by atoms with E-state index in [9.17, 15) is 0 Å². The minimum Gasteiger partial charge on any atom is -0.0840 e. The lowest BCUT2D eigenvalue weighted by molar-refractivity contribution is 1.46. The van der Waals surface area contributed by atoms with E-state index in [0.717, 1.165) is 3.57 Å². The van der Waals surface area contributed by atoms with Gasteiger partial charge in [-0.05, 0) is 47.1 Å². The minimum atomic E-state index is -2.11. The van der Waals surface area contributed by atoms with Crippen LogP contribution < -0.4 is 0 Å². The van der Waals surface area contributed by atoms with Gasteiger partial charge in [0.2, 0.25) is 0 Å². The monoisotopic (exact) mass is 255 g/mol. The van der Waals surface area contributed by atoms with Crippen LogP contribution in [0, 0.1) is 10.4 Å². The molecule has 1 aromatic carbocycles. The van der Waals surface area contributed by atoms with Crippen molar-refractivity contribution in [2.24, 2.45) is 0 Å². The first kappa shape index (κ1) is 4.19. The molecule has 1 rings (SSSR count). The van der Waals surface area contributed by atoms with E-state index in [2.05, 4.69) is 22.6 Å². The van der Waals surface area contributed by atoms with E-state index in [0.29, 0.717) is 5.02 Å². The zero-order valence-electron chi connectivity index (χ0n) is 7.49. The lowest BCUT2D eigenvalue weighted by Crippen LogP contribution is -1.74. The summed E-state index contributed by atoms with van der Waals surface area (Å²) in [6, 6.07) is 4.91. The summed E-state index contributed by atoms with van der Waals surface area (Å²) < 4.78 is 22.3. The fraction of sp³-hybridized carbons (Fsp3) is 0.143. The molecule has 0 radical (unpaired) electrons. The van der Waals surface area contributed by atoms with Gasteiger partial charge in [-0.15, -0.1) is 0 Å². The summed E-state index contributed by atoms with van der Waals surface area (Å²) in [5.74, 6) is 0. The van der Waals surface area contributed by atoms with Gasteiger partial charge in [0.25, 0.3) is 0 Å². The zero-order chi connectivity index (χ0) is 9.35. The third kappa shape index (κ3) is 1.83. The maximum atomic E-state index is 7.13. The van der Waals surface area contributed by atoms with E-state index in [1.165, 1.54) is 6.07 Å². The highest BCUT2D eigenvalue weighted by Gasteiger charge is 1.92. The molecule has 9 heavy (non-hydrogen) atoms. The average molecular weight is 256 g/mol. The Morgan fingerprint density at radius 3 is 3.00 bits per heavy atom. The molecule has 0 aliphatic heterocycles. The first-order valence-corrected chi connectivity index (χ1v) is 3.82. The quantitative estimate of drug-likeness (QED) is 0.624. The van der Waals surface area contributed by atoms with Crippen LogP contribution in [-0.2, 0) is 0 Å². The van der Waals surface area contributed by atoms with Crippen molar-refractivity contribution in [2.75, 3.05) is 0 Å². The molecule has 0 aromatic heterocycles. The molecule has 0 nitrogen and oxygen atoms in total. The molecule has 0 unspecified atom stereocenters.